The van der Waals surface area contributed by atoms with Crippen molar-refractivity contribution in [1.29, 1.82) is 0 Å². The number of amides is 1. The van der Waals surface area contributed by atoms with Crippen LogP contribution >= 0.6 is 11.3 Å². The summed E-state index contributed by atoms with van der Waals surface area (Å²) in [4.78, 5) is 19.3. The van der Waals surface area contributed by atoms with Crippen LogP contribution in [0.1, 0.15) is 44.5 Å². The number of hydrogen-bond donors (Lipinski definition) is 1. The molecule has 0 radical (unpaired) electrons. The molecule has 0 aliphatic carbocycles. The molecule has 148 valence electrons. The number of benzene rings is 1. The van der Waals surface area contributed by atoms with Gasteiger partial charge in [-0.3, -0.25) is 4.79 Å². The molecule has 0 spiro atoms. The van der Waals surface area contributed by atoms with E-state index in [9.17, 15) is 13.2 Å². The predicted octanol–water partition coefficient (Wildman–Crippen LogP) is 3.31. The zero-order valence-corrected chi connectivity index (χ0v) is 17.7. The molecule has 1 saturated heterocycles. The number of thiazole rings is 1. The first-order valence-electron chi connectivity index (χ1n) is 9.44. The van der Waals surface area contributed by atoms with Crippen molar-refractivity contribution in [3.05, 3.63) is 23.2 Å². The van der Waals surface area contributed by atoms with Gasteiger partial charge in [0.1, 0.15) is 6.04 Å². The minimum Gasteiger partial charge on any atom is -0.341 e. The Morgan fingerprint density at radius 1 is 1.26 bits per heavy atom. The molecule has 1 aromatic carbocycles. The number of hydrogen-bond acceptors (Lipinski definition) is 5. The fraction of sp³-hybridized carbons (Fsp3) is 0.579. The van der Waals surface area contributed by atoms with Crippen LogP contribution in [-0.2, 0) is 14.8 Å². The van der Waals surface area contributed by atoms with Crippen LogP contribution in [0.2, 0.25) is 0 Å². The molecule has 6 nitrogen and oxygen atoms in total. The predicted molar refractivity (Wildman–Crippen MR) is 108 cm³/mol. The smallest absolute Gasteiger partial charge is 0.241 e. The van der Waals surface area contributed by atoms with E-state index in [0.29, 0.717) is 19.5 Å². The lowest BCUT2D eigenvalue weighted by Gasteiger charge is -2.31. The van der Waals surface area contributed by atoms with Crippen LogP contribution in [0.15, 0.2) is 23.1 Å². The number of sulfonamides is 1. The van der Waals surface area contributed by atoms with Crippen LogP contribution in [0.4, 0.5) is 0 Å². The second kappa shape index (κ2) is 8.24. The molecule has 1 fully saturated rings. The molecule has 1 aliphatic heterocycles. The van der Waals surface area contributed by atoms with E-state index in [2.05, 4.69) is 9.71 Å². The average Bonchev–Trinajstić information content (AvgIpc) is 3.00. The van der Waals surface area contributed by atoms with Gasteiger partial charge < -0.3 is 4.90 Å². The summed E-state index contributed by atoms with van der Waals surface area (Å²) in [6.45, 7) is 7.31. The van der Waals surface area contributed by atoms with E-state index in [1.54, 1.807) is 23.1 Å². The molecule has 0 bridgehead atoms. The van der Waals surface area contributed by atoms with Crippen molar-refractivity contribution < 1.29 is 13.2 Å². The van der Waals surface area contributed by atoms with Crippen molar-refractivity contribution >= 4 is 37.5 Å². The molecule has 2 heterocycles. The number of likely N-dealkylation sites (tertiary alicyclic amines) is 1. The highest BCUT2D eigenvalue weighted by molar-refractivity contribution is 7.89. The zero-order chi connectivity index (χ0) is 19.6. The van der Waals surface area contributed by atoms with E-state index in [0.717, 1.165) is 34.5 Å². The number of rotatable bonds is 6. The van der Waals surface area contributed by atoms with E-state index in [1.807, 2.05) is 20.8 Å². The molecule has 8 heteroatoms. The third-order valence-corrected chi connectivity index (χ3v) is 7.15. The quantitative estimate of drug-likeness (QED) is 0.794. The van der Waals surface area contributed by atoms with Crippen LogP contribution in [0, 0.1) is 12.8 Å². The summed E-state index contributed by atoms with van der Waals surface area (Å²) >= 11 is 1.46. The van der Waals surface area contributed by atoms with Crippen molar-refractivity contribution in [3.63, 3.8) is 0 Å². The van der Waals surface area contributed by atoms with E-state index in [4.69, 9.17) is 0 Å². The van der Waals surface area contributed by atoms with E-state index in [1.165, 1.54) is 11.3 Å². The fourth-order valence-electron chi connectivity index (χ4n) is 3.45. The van der Waals surface area contributed by atoms with Gasteiger partial charge in [-0.05, 0) is 56.7 Å². The minimum atomic E-state index is -3.79. The highest BCUT2D eigenvalue weighted by atomic mass is 32.2. The maximum atomic E-state index is 13.0. The number of aromatic nitrogens is 1. The highest BCUT2D eigenvalue weighted by Gasteiger charge is 2.30. The summed E-state index contributed by atoms with van der Waals surface area (Å²) in [5.41, 5.74) is 0.791. The molecule has 0 saturated carbocycles. The lowest BCUT2D eigenvalue weighted by molar-refractivity contribution is -0.134. The summed E-state index contributed by atoms with van der Waals surface area (Å²) in [6, 6.07) is 4.19. The van der Waals surface area contributed by atoms with Gasteiger partial charge in [0.05, 0.1) is 20.1 Å². The normalized spacial score (nSPS) is 16.8. The Morgan fingerprint density at radius 3 is 2.63 bits per heavy atom. The molecule has 1 atom stereocenters. The van der Waals surface area contributed by atoms with Crippen molar-refractivity contribution in [3.8, 4) is 0 Å². The number of carbonyl (C=O) groups excluding carboxylic acids is 1. The maximum absolute atomic E-state index is 13.0. The van der Waals surface area contributed by atoms with Crippen LogP contribution < -0.4 is 4.72 Å². The molecule has 1 aliphatic rings. The Balaban J connectivity index is 1.84. The van der Waals surface area contributed by atoms with Gasteiger partial charge in [0.25, 0.3) is 0 Å². The first-order valence-corrected chi connectivity index (χ1v) is 11.7. The van der Waals surface area contributed by atoms with Gasteiger partial charge in [-0.25, -0.2) is 13.4 Å². The molecule has 2 aromatic rings. The second-order valence-electron chi connectivity index (χ2n) is 7.55. The van der Waals surface area contributed by atoms with E-state index >= 15 is 0 Å². The number of nitrogens with one attached hydrogen (secondary N) is 1. The molecule has 27 heavy (non-hydrogen) atoms. The Morgan fingerprint density at radius 2 is 1.96 bits per heavy atom. The number of aryl methyl sites for hydroxylation is 1. The Labute approximate surface area is 165 Å². The van der Waals surface area contributed by atoms with Gasteiger partial charge in [-0.2, -0.15) is 4.72 Å². The molecule has 0 unspecified atom stereocenters. The molecular weight excluding hydrogens is 382 g/mol. The van der Waals surface area contributed by atoms with Crippen molar-refractivity contribution in [2.45, 2.75) is 57.4 Å². The topological polar surface area (TPSA) is 79.4 Å². The molecule has 1 aromatic heterocycles. The lowest BCUT2D eigenvalue weighted by Crippen LogP contribution is -2.50. The first kappa shape index (κ1) is 20.2. The van der Waals surface area contributed by atoms with Gasteiger partial charge in [0, 0.05) is 13.1 Å². The van der Waals surface area contributed by atoms with Crippen molar-refractivity contribution in [1.82, 2.24) is 14.6 Å². The largest absolute Gasteiger partial charge is 0.341 e. The second-order valence-corrected chi connectivity index (χ2v) is 10.5. The lowest BCUT2D eigenvalue weighted by atomic mass is 10.0. The van der Waals surface area contributed by atoms with Gasteiger partial charge in [0.15, 0.2) is 0 Å². The third kappa shape index (κ3) is 4.86. The number of piperidine rings is 1. The van der Waals surface area contributed by atoms with Gasteiger partial charge in [-0.1, -0.05) is 13.8 Å². The average molecular weight is 410 g/mol. The fourth-order valence-corrected chi connectivity index (χ4v) is 5.62. The highest BCUT2D eigenvalue weighted by Crippen LogP contribution is 2.25. The van der Waals surface area contributed by atoms with Crippen LogP contribution in [0.25, 0.3) is 10.2 Å². The zero-order valence-electron chi connectivity index (χ0n) is 16.1. The van der Waals surface area contributed by atoms with Gasteiger partial charge in [-0.15, -0.1) is 11.3 Å². The van der Waals surface area contributed by atoms with Gasteiger partial charge in [0.2, 0.25) is 15.9 Å². The van der Waals surface area contributed by atoms with Gasteiger partial charge >= 0.3 is 0 Å². The third-order valence-electron chi connectivity index (χ3n) is 4.75. The molecular formula is C19H27N3O3S2. The minimum absolute atomic E-state index is 0.110. The molecule has 1 N–H and O–H groups in total. The maximum Gasteiger partial charge on any atom is 0.241 e. The Bertz CT molecular complexity index is 915. The van der Waals surface area contributed by atoms with E-state index < -0.39 is 16.1 Å². The van der Waals surface area contributed by atoms with Crippen molar-refractivity contribution in [2.75, 3.05) is 13.1 Å². The molecule has 3 rings (SSSR count). The van der Waals surface area contributed by atoms with Crippen LogP contribution in [0.3, 0.4) is 0 Å². The number of fused-ring (bicyclic) bond motifs is 1. The monoisotopic (exact) mass is 409 g/mol. The van der Waals surface area contributed by atoms with Crippen LogP contribution in [0.5, 0.6) is 0 Å². The SMILES string of the molecule is Cc1nc2ccc(S(=O)(=O)N[C@H](CC(C)C)C(=O)N3CCCCC3)cc2s1. The Hall–Kier alpha value is -1.51. The van der Waals surface area contributed by atoms with E-state index in [-0.39, 0.29) is 16.7 Å². The first-order chi connectivity index (χ1) is 12.8. The number of nitrogens with zero attached hydrogens (tertiary/aromatic N) is 2. The van der Waals surface area contributed by atoms with Crippen LogP contribution in [-0.4, -0.2) is 43.3 Å². The summed E-state index contributed by atoms with van der Waals surface area (Å²) in [5, 5.41) is 0.894. The summed E-state index contributed by atoms with van der Waals surface area (Å²) < 4.78 is 29.4. The summed E-state index contributed by atoms with van der Waals surface area (Å²) in [7, 11) is -3.79. The number of carbonyl (C=O) groups is 1. The standard InChI is InChI=1S/C19H27N3O3S2/c1-13(2)11-17(19(23)22-9-5-4-6-10-22)21-27(24,25)15-7-8-16-18(12-15)26-14(3)20-16/h7-8,12-13,17,21H,4-6,9-11H2,1-3H3/t17-/m1/s1. The Kier molecular flexibility index (Phi) is 6.18. The van der Waals surface area contributed by atoms with Crippen molar-refractivity contribution in [2.24, 2.45) is 5.92 Å². The summed E-state index contributed by atoms with van der Waals surface area (Å²) in [5.74, 6) is 0.0970. The molecule has 1 amide bonds. The summed E-state index contributed by atoms with van der Waals surface area (Å²) in [6.07, 6.45) is 3.57.